The zero-order valence-corrected chi connectivity index (χ0v) is 7.77. The summed E-state index contributed by atoms with van der Waals surface area (Å²) in [7, 11) is 0. The van der Waals surface area contributed by atoms with E-state index in [0.717, 1.165) is 19.5 Å². The van der Waals surface area contributed by atoms with Gasteiger partial charge in [-0.2, -0.15) is 0 Å². The molecule has 1 unspecified atom stereocenters. The Labute approximate surface area is 73.1 Å². The molecule has 11 heavy (non-hydrogen) atoms. The Morgan fingerprint density at radius 2 is 2.00 bits per heavy atom. The van der Waals surface area contributed by atoms with Crippen LogP contribution in [0.2, 0.25) is 0 Å². The van der Waals surface area contributed by atoms with Crippen LogP contribution in [0.15, 0.2) is 0 Å². The SMILES string of the molecule is CCCC(O)(Cl)N1CCCC1. The molecule has 0 bridgehead atoms. The summed E-state index contributed by atoms with van der Waals surface area (Å²) in [5, 5.41) is 8.64. The molecule has 1 aliphatic rings. The Balaban J connectivity index is 2.41. The molecule has 1 atom stereocenters. The van der Waals surface area contributed by atoms with Gasteiger partial charge in [0.05, 0.1) is 0 Å². The Bertz CT molecular complexity index is 121. The molecule has 0 aliphatic carbocycles. The quantitative estimate of drug-likeness (QED) is 0.525. The van der Waals surface area contributed by atoms with Crippen LogP contribution in [0.5, 0.6) is 0 Å². The van der Waals surface area contributed by atoms with Crippen molar-refractivity contribution in [2.75, 3.05) is 13.1 Å². The lowest BCUT2D eigenvalue weighted by atomic mass is 10.3. The minimum Gasteiger partial charge on any atom is -0.363 e. The number of rotatable bonds is 3. The van der Waals surface area contributed by atoms with E-state index in [1.54, 1.807) is 0 Å². The van der Waals surface area contributed by atoms with Gasteiger partial charge in [0.2, 0.25) is 0 Å². The van der Waals surface area contributed by atoms with Crippen LogP contribution in [0.3, 0.4) is 0 Å². The average Bonchev–Trinajstić information content (AvgIpc) is 2.37. The predicted molar refractivity (Wildman–Crippen MR) is 46.5 cm³/mol. The second kappa shape index (κ2) is 3.74. The summed E-state index contributed by atoms with van der Waals surface area (Å²) in [4.78, 5) is 1.96. The lowest BCUT2D eigenvalue weighted by Crippen LogP contribution is -2.41. The van der Waals surface area contributed by atoms with Crippen molar-refractivity contribution < 1.29 is 5.11 Å². The molecule has 0 aromatic rings. The topological polar surface area (TPSA) is 23.5 Å². The summed E-state index contributed by atoms with van der Waals surface area (Å²) in [5.74, 6) is 0. The second-order valence-electron chi connectivity index (χ2n) is 3.16. The molecule has 1 heterocycles. The van der Waals surface area contributed by atoms with E-state index in [4.69, 9.17) is 11.6 Å². The summed E-state index contributed by atoms with van der Waals surface area (Å²) < 4.78 is 0. The molecule has 3 heteroatoms. The summed E-state index contributed by atoms with van der Waals surface area (Å²) >= 11 is 5.92. The van der Waals surface area contributed by atoms with Gasteiger partial charge in [-0.05, 0) is 12.8 Å². The molecule has 0 aromatic heterocycles. The highest BCUT2D eigenvalue weighted by Crippen LogP contribution is 2.26. The highest BCUT2D eigenvalue weighted by atomic mass is 35.5. The van der Waals surface area contributed by atoms with Gasteiger partial charge in [-0.25, -0.2) is 0 Å². The molecule has 0 saturated carbocycles. The van der Waals surface area contributed by atoms with Crippen molar-refractivity contribution in [2.45, 2.75) is 37.8 Å². The van der Waals surface area contributed by atoms with E-state index >= 15 is 0 Å². The van der Waals surface area contributed by atoms with Gasteiger partial charge in [-0.3, -0.25) is 4.90 Å². The van der Waals surface area contributed by atoms with Crippen molar-refractivity contribution in [1.82, 2.24) is 4.90 Å². The molecule has 0 amide bonds. The molecular weight excluding hydrogens is 162 g/mol. The third kappa shape index (κ3) is 2.32. The summed E-state index contributed by atoms with van der Waals surface area (Å²) in [6.45, 7) is 3.92. The average molecular weight is 178 g/mol. The first kappa shape index (κ1) is 9.30. The first-order valence-corrected chi connectivity index (χ1v) is 4.71. The molecule has 66 valence electrons. The van der Waals surface area contributed by atoms with Gasteiger partial charge in [0.1, 0.15) is 0 Å². The van der Waals surface area contributed by atoms with Crippen LogP contribution in [0.25, 0.3) is 0 Å². The van der Waals surface area contributed by atoms with Crippen LogP contribution < -0.4 is 0 Å². The standard InChI is InChI=1S/C8H16ClNO/c1-2-5-8(9,11)10-6-3-4-7-10/h11H,2-7H2,1H3. The van der Waals surface area contributed by atoms with E-state index < -0.39 is 5.18 Å². The molecule has 1 N–H and O–H groups in total. The normalized spacial score (nSPS) is 25.4. The van der Waals surface area contributed by atoms with Crippen LogP contribution in [0.4, 0.5) is 0 Å². The molecule has 1 rings (SSSR count). The fourth-order valence-corrected chi connectivity index (χ4v) is 1.89. The maximum absolute atomic E-state index is 9.71. The van der Waals surface area contributed by atoms with Crippen molar-refractivity contribution in [2.24, 2.45) is 0 Å². The lowest BCUT2D eigenvalue weighted by Gasteiger charge is -2.30. The number of halogens is 1. The highest BCUT2D eigenvalue weighted by Gasteiger charge is 2.32. The number of aliphatic hydroxyl groups is 1. The van der Waals surface area contributed by atoms with Crippen LogP contribution in [-0.4, -0.2) is 28.3 Å². The Morgan fingerprint density at radius 3 is 2.45 bits per heavy atom. The zero-order chi connectivity index (χ0) is 8.32. The van der Waals surface area contributed by atoms with Crippen molar-refractivity contribution in [1.29, 1.82) is 0 Å². The minimum absolute atomic E-state index is 0.661. The Hall–Kier alpha value is 0.210. The highest BCUT2D eigenvalue weighted by molar-refractivity contribution is 6.22. The van der Waals surface area contributed by atoms with Gasteiger partial charge in [-0.15, -0.1) is 0 Å². The van der Waals surface area contributed by atoms with E-state index in [2.05, 4.69) is 0 Å². The van der Waals surface area contributed by atoms with E-state index in [1.807, 2.05) is 11.8 Å². The fourth-order valence-electron chi connectivity index (χ4n) is 1.54. The lowest BCUT2D eigenvalue weighted by molar-refractivity contribution is -0.0288. The first-order valence-electron chi connectivity index (χ1n) is 4.33. The molecular formula is C8H16ClNO. The molecule has 2 nitrogen and oxygen atoms in total. The van der Waals surface area contributed by atoms with Crippen LogP contribution in [0.1, 0.15) is 32.6 Å². The Morgan fingerprint density at radius 1 is 1.45 bits per heavy atom. The zero-order valence-electron chi connectivity index (χ0n) is 7.02. The molecule has 0 aromatic carbocycles. The summed E-state index contributed by atoms with van der Waals surface area (Å²) in [6, 6.07) is 0. The maximum Gasteiger partial charge on any atom is 0.196 e. The Kier molecular flexibility index (Phi) is 3.16. The van der Waals surface area contributed by atoms with Crippen LogP contribution >= 0.6 is 11.6 Å². The predicted octanol–water partition coefficient (Wildman–Crippen LogP) is 1.77. The van der Waals surface area contributed by atoms with Crippen molar-refractivity contribution in [3.05, 3.63) is 0 Å². The number of likely N-dealkylation sites (tertiary alicyclic amines) is 1. The van der Waals surface area contributed by atoms with Crippen molar-refractivity contribution in [3.63, 3.8) is 0 Å². The molecule has 0 spiro atoms. The molecule has 0 radical (unpaired) electrons. The van der Waals surface area contributed by atoms with E-state index in [9.17, 15) is 5.11 Å². The summed E-state index contributed by atoms with van der Waals surface area (Å²) in [5.41, 5.74) is 0. The monoisotopic (exact) mass is 177 g/mol. The number of alkyl halides is 1. The third-order valence-corrected chi connectivity index (χ3v) is 2.59. The third-order valence-electron chi connectivity index (χ3n) is 2.16. The van der Waals surface area contributed by atoms with Crippen molar-refractivity contribution >= 4 is 11.6 Å². The summed E-state index contributed by atoms with van der Waals surface area (Å²) in [6.07, 6.45) is 3.92. The van der Waals surface area contributed by atoms with E-state index in [0.29, 0.717) is 6.42 Å². The smallest absolute Gasteiger partial charge is 0.196 e. The van der Waals surface area contributed by atoms with Gasteiger partial charge in [0, 0.05) is 19.5 Å². The van der Waals surface area contributed by atoms with Gasteiger partial charge in [0.25, 0.3) is 0 Å². The van der Waals surface area contributed by atoms with Gasteiger partial charge >= 0.3 is 0 Å². The van der Waals surface area contributed by atoms with Crippen LogP contribution in [-0.2, 0) is 0 Å². The largest absolute Gasteiger partial charge is 0.363 e. The molecule has 1 fully saturated rings. The number of nitrogens with zero attached hydrogens (tertiary/aromatic N) is 1. The van der Waals surface area contributed by atoms with Gasteiger partial charge in [-0.1, -0.05) is 24.9 Å². The second-order valence-corrected chi connectivity index (χ2v) is 3.77. The molecule has 1 saturated heterocycles. The van der Waals surface area contributed by atoms with E-state index in [-0.39, 0.29) is 0 Å². The molecule has 1 aliphatic heterocycles. The van der Waals surface area contributed by atoms with Gasteiger partial charge < -0.3 is 5.11 Å². The number of hydrogen-bond acceptors (Lipinski definition) is 2. The fraction of sp³-hybridized carbons (Fsp3) is 1.00. The minimum atomic E-state index is -1.06. The van der Waals surface area contributed by atoms with Crippen molar-refractivity contribution in [3.8, 4) is 0 Å². The number of hydrogen-bond donors (Lipinski definition) is 1. The maximum atomic E-state index is 9.71. The van der Waals surface area contributed by atoms with Gasteiger partial charge in [0.15, 0.2) is 5.18 Å². The van der Waals surface area contributed by atoms with E-state index in [1.165, 1.54) is 12.8 Å². The van der Waals surface area contributed by atoms with Crippen LogP contribution in [0, 0.1) is 0 Å². The first-order chi connectivity index (χ1) is 5.17.